The van der Waals surface area contributed by atoms with Crippen LogP contribution in [0.25, 0.3) is 10.9 Å². The maximum atomic E-state index is 11.3. The van der Waals surface area contributed by atoms with Gasteiger partial charge in [0.2, 0.25) is 0 Å². The molecule has 0 N–H and O–H groups in total. The van der Waals surface area contributed by atoms with Crippen LogP contribution in [0.2, 0.25) is 0 Å². The summed E-state index contributed by atoms with van der Waals surface area (Å²) in [5.41, 5.74) is 0.579. The Morgan fingerprint density at radius 3 is 2.87 bits per heavy atom. The third kappa shape index (κ3) is 2.98. The van der Waals surface area contributed by atoms with E-state index in [0.29, 0.717) is 11.3 Å². The maximum Gasteiger partial charge on any atom is 0.494 e. The number of Topliss-reactive ketones (excluding diaryl/α,β-unsaturated/α-hetero) is 1. The van der Waals surface area contributed by atoms with Gasteiger partial charge >= 0.3 is 12.0 Å². The van der Waals surface area contributed by atoms with E-state index >= 15 is 0 Å². The van der Waals surface area contributed by atoms with Crippen LogP contribution in [0.4, 0.5) is 5.95 Å². The number of benzene rings is 1. The number of carbonyl (C=O) groups is 1. The number of carbonyl (C=O) groups excluding carboxylic acids is 1. The standard InChI is InChI=1S/C14H11N5O4/c1-9(20)8-18-14(16-13(17-18)19(21)22)23-11-6-2-4-10-5-3-7-15-12(10)11/h2-7H,8H2,1H3. The van der Waals surface area contributed by atoms with Gasteiger partial charge in [0.1, 0.15) is 12.1 Å². The van der Waals surface area contributed by atoms with Gasteiger partial charge in [0.05, 0.1) is 0 Å². The van der Waals surface area contributed by atoms with Crippen molar-refractivity contribution >= 4 is 22.6 Å². The molecule has 0 amide bonds. The first-order valence-electron chi connectivity index (χ1n) is 6.65. The molecule has 2 aromatic heterocycles. The third-order valence-electron chi connectivity index (χ3n) is 2.96. The lowest BCUT2D eigenvalue weighted by molar-refractivity contribution is -0.394. The number of pyridine rings is 1. The summed E-state index contributed by atoms with van der Waals surface area (Å²) in [5.74, 6) is -0.490. The van der Waals surface area contributed by atoms with Crippen LogP contribution >= 0.6 is 0 Å². The highest BCUT2D eigenvalue weighted by atomic mass is 16.6. The van der Waals surface area contributed by atoms with Crippen molar-refractivity contribution in [2.24, 2.45) is 0 Å². The SMILES string of the molecule is CC(=O)Cn1nc([N+](=O)[O-])nc1Oc1cccc2cccnc12. The zero-order valence-corrected chi connectivity index (χ0v) is 12.0. The van der Waals surface area contributed by atoms with E-state index in [2.05, 4.69) is 15.1 Å². The second-order valence-electron chi connectivity index (χ2n) is 4.74. The fraction of sp³-hybridized carbons (Fsp3) is 0.143. The van der Waals surface area contributed by atoms with Crippen LogP contribution in [0.3, 0.4) is 0 Å². The number of para-hydroxylation sites is 1. The highest BCUT2D eigenvalue weighted by molar-refractivity contribution is 5.84. The number of ether oxygens (including phenoxy) is 1. The highest BCUT2D eigenvalue weighted by Gasteiger charge is 2.24. The summed E-state index contributed by atoms with van der Waals surface area (Å²) in [6, 6.07) is 8.79. The number of hydrogen-bond donors (Lipinski definition) is 0. The summed E-state index contributed by atoms with van der Waals surface area (Å²) in [6.45, 7) is 1.17. The molecule has 1 aromatic carbocycles. The minimum absolute atomic E-state index is 0.134. The van der Waals surface area contributed by atoms with E-state index in [4.69, 9.17) is 4.74 Å². The van der Waals surface area contributed by atoms with E-state index in [9.17, 15) is 14.9 Å². The Labute approximate surface area is 129 Å². The van der Waals surface area contributed by atoms with Gasteiger partial charge in [0, 0.05) is 16.7 Å². The van der Waals surface area contributed by atoms with Gasteiger partial charge < -0.3 is 14.9 Å². The van der Waals surface area contributed by atoms with Crippen LogP contribution in [0.15, 0.2) is 36.5 Å². The Bertz CT molecular complexity index is 900. The Hall–Kier alpha value is -3.36. The molecule has 116 valence electrons. The van der Waals surface area contributed by atoms with Gasteiger partial charge in [-0.2, -0.15) is 0 Å². The number of fused-ring (bicyclic) bond motifs is 1. The molecule has 0 radical (unpaired) electrons. The van der Waals surface area contributed by atoms with E-state index < -0.39 is 10.9 Å². The molecule has 9 heteroatoms. The molecule has 0 saturated heterocycles. The molecule has 0 bridgehead atoms. The van der Waals surface area contributed by atoms with Crippen LogP contribution in [-0.4, -0.2) is 30.5 Å². The van der Waals surface area contributed by atoms with Crippen LogP contribution < -0.4 is 4.74 Å². The third-order valence-corrected chi connectivity index (χ3v) is 2.96. The molecule has 9 nitrogen and oxygen atoms in total. The van der Waals surface area contributed by atoms with Gasteiger partial charge in [-0.05, 0) is 29.0 Å². The molecule has 0 spiro atoms. The van der Waals surface area contributed by atoms with Gasteiger partial charge in [-0.1, -0.05) is 18.2 Å². The molecule has 2 heterocycles. The van der Waals surface area contributed by atoms with Crippen molar-refractivity contribution in [1.29, 1.82) is 0 Å². The minimum atomic E-state index is -0.745. The molecule has 23 heavy (non-hydrogen) atoms. The molecular weight excluding hydrogens is 302 g/mol. The van der Waals surface area contributed by atoms with E-state index in [1.807, 2.05) is 12.1 Å². The lowest BCUT2D eigenvalue weighted by atomic mass is 10.2. The Morgan fingerprint density at radius 1 is 1.35 bits per heavy atom. The molecule has 0 aliphatic carbocycles. The number of ketones is 1. The van der Waals surface area contributed by atoms with Crippen LogP contribution in [-0.2, 0) is 11.3 Å². The van der Waals surface area contributed by atoms with E-state index in [1.165, 1.54) is 6.92 Å². The van der Waals surface area contributed by atoms with Crippen molar-refractivity contribution in [3.63, 3.8) is 0 Å². The molecule has 0 atom stereocenters. The molecule has 0 aliphatic rings. The van der Waals surface area contributed by atoms with Crippen LogP contribution in [0, 0.1) is 10.1 Å². The Morgan fingerprint density at radius 2 is 2.13 bits per heavy atom. The molecule has 0 aliphatic heterocycles. The Balaban J connectivity index is 2.04. The van der Waals surface area contributed by atoms with Gasteiger partial charge in [-0.3, -0.25) is 9.78 Å². The first-order chi connectivity index (χ1) is 11.0. The first kappa shape index (κ1) is 14.6. The topological polar surface area (TPSA) is 113 Å². The number of nitro groups is 1. The number of hydrogen-bond acceptors (Lipinski definition) is 7. The smallest absolute Gasteiger partial charge is 0.409 e. The maximum absolute atomic E-state index is 11.3. The highest BCUT2D eigenvalue weighted by Crippen LogP contribution is 2.28. The Kier molecular flexibility index (Phi) is 3.67. The molecular formula is C14H11N5O4. The average molecular weight is 313 g/mol. The van der Waals surface area contributed by atoms with Gasteiger partial charge in [0.25, 0.3) is 0 Å². The fourth-order valence-electron chi connectivity index (χ4n) is 2.04. The van der Waals surface area contributed by atoms with E-state index in [1.54, 1.807) is 24.4 Å². The molecule has 0 saturated carbocycles. The summed E-state index contributed by atoms with van der Waals surface area (Å²) in [6.07, 6.45) is 1.61. The fourth-order valence-corrected chi connectivity index (χ4v) is 2.04. The van der Waals surface area contributed by atoms with Crippen molar-refractivity contribution < 1.29 is 14.5 Å². The first-order valence-corrected chi connectivity index (χ1v) is 6.65. The largest absolute Gasteiger partial charge is 0.494 e. The van der Waals surface area contributed by atoms with Crippen molar-refractivity contribution in [3.8, 4) is 11.8 Å². The number of nitrogens with zero attached hydrogens (tertiary/aromatic N) is 5. The van der Waals surface area contributed by atoms with Crippen LogP contribution in [0.5, 0.6) is 11.8 Å². The molecule has 3 aromatic rings. The lowest BCUT2D eigenvalue weighted by Crippen LogP contribution is -2.09. The second kappa shape index (κ2) is 5.79. The zero-order valence-electron chi connectivity index (χ0n) is 12.0. The minimum Gasteiger partial charge on any atom is -0.409 e. The summed E-state index contributed by atoms with van der Waals surface area (Å²) in [5, 5.41) is 15.3. The predicted molar refractivity (Wildman–Crippen MR) is 79.2 cm³/mol. The molecule has 3 rings (SSSR count). The van der Waals surface area contributed by atoms with E-state index in [0.717, 1.165) is 10.1 Å². The summed E-state index contributed by atoms with van der Waals surface area (Å²) >= 11 is 0. The van der Waals surface area contributed by atoms with Crippen molar-refractivity contribution in [3.05, 3.63) is 46.6 Å². The zero-order chi connectivity index (χ0) is 16.4. The van der Waals surface area contributed by atoms with Crippen LogP contribution in [0.1, 0.15) is 6.92 Å². The van der Waals surface area contributed by atoms with Crippen molar-refractivity contribution in [1.82, 2.24) is 19.7 Å². The monoisotopic (exact) mass is 313 g/mol. The van der Waals surface area contributed by atoms with Gasteiger partial charge in [0.15, 0.2) is 11.5 Å². The average Bonchev–Trinajstić information content (AvgIpc) is 2.90. The lowest BCUT2D eigenvalue weighted by Gasteiger charge is -2.05. The van der Waals surface area contributed by atoms with E-state index in [-0.39, 0.29) is 18.3 Å². The van der Waals surface area contributed by atoms with Gasteiger partial charge in [-0.15, -0.1) is 4.68 Å². The predicted octanol–water partition coefficient (Wildman–Crippen LogP) is 2.12. The van der Waals surface area contributed by atoms with Crippen molar-refractivity contribution in [2.45, 2.75) is 13.5 Å². The van der Waals surface area contributed by atoms with Crippen molar-refractivity contribution in [2.75, 3.05) is 0 Å². The summed E-state index contributed by atoms with van der Waals surface area (Å²) in [7, 11) is 0. The molecule has 0 unspecified atom stereocenters. The normalized spacial score (nSPS) is 10.7. The molecule has 0 fully saturated rings. The summed E-state index contributed by atoms with van der Waals surface area (Å²) in [4.78, 5) is 29.3. The van der Waals surface area contributed by atoms with Gasteiger partial charge in [-0.25, -0.2) is 0 Å². The quantitative estimate of drug-likeness (QED) is 0.523. The summed E-state index contributed by atoms with van der Waals surface area (Å²) < 4.78 is 6.68. The number of rotatable bonds is 5. The second-order valence-corrected chi connectivity index (χ2v) is 4.74. The number of aromatic nitrogens is 4.